The van der Waals surface area contributed by atoms with Gasteiger partial charge in [-0.15, -0.1) is 0 Å². The molecule has 0 spiro atoms. The van der Waals surface area contributed by atoms with Crippen LogP contribution in [-0.2, 0) is 22.4 Å². The molecule has 6 N–H and O–H groups in total. The van der Waals surface area contributed by atoms with E-state index in [4.69, 9.17) is 44.1 Å². The Morgan fingerprint density at radius 1 is 0.660 bits per heavy atom. The molecule has 0 radical (unpaired) electrons. The molecule has 2 atom stereocenters. The second-order valence-electron chi connectivity index (χ2n) is 12.6. The lowest BCUT2D eigenvalue weighted by molar-refractivity contribution is -0.139. The van der Waals surface area contributed by atoms with E-state index >= 15 is 0 Å². The number of nitrogens with two attached hydrogens (primary N) is 2. The molecule has 12 nitrogen and oxygen atoms in total. The van der Waals surface area contributed by atoms with Crippen LogP contribution < -0.4 is 31.6 Å². The first kappa shape index (κ1) is 33.9. The highest BCUT2D eigenvalue weighted by Gasteiger charge is 2.36. The van der Waals surface area contributed by atoms with Gasteiger partial charge in [0.25, 0.3) is 11.8 Å². The number of hydrogen-bond donors (Lipinski definition) is 4. The molecule has 2 saturated heterocycles. The smallest absolute Gasteiger partial charge is 0.264 e. The lowest BCUT2D eigenvalue weighted by Crippen LogP contribution is -2.50. The molecule has 14 heteroatoms. The van der Waals surface area contributed by atoms with Gasteiger partial charge in [-0.25, -0.2) is 9.97 Å². The van der Waals surface area contributed by atoms with Crippen molar-refractivity contribution in [3.8, 4) is 33.8 Å². The Morgan fingerprint density at radius 2 is 1.06 bits per heavy atom. The largest absolute Gasteiger partial charge is 0.479 e. The molecule has 6 heterocycles. The summed E-state index contributed by atoms with van der Waals surface area (Å²) in [5, 5.41) is 7.73. The molecule has 2 aromatic heterocycles. The molecule has 0 saturated carbocycles. The third-order valence-corrected chi connectivity index (χ3v) is 9.62. The third kappa shape index (κ3) is 7.29. The zero-order valence-corrected chi connectivity index (χ0v) is 28.8. The SMILES string of the molecule is Nc1cc(-c2cc(Cl)cc3c2O[C@@H](C(=O)N2CCNCC2)C3)ccn1.Nc1cc(-c2cc(Cl)cc3c2O[C@H](C(=O)N2CCNCC2)C3)ccn1. The lowest BCUT2D eigenvalue weighted by atomic mass is 10.0. The van der Waals surface area contributed by atoms with Gasteiger partial charge in [-0.2, -0.15) is 0 Å². The van der Waals surface area contributed by atoms with Crippen molar-refractivity contribution in [2.75, 3.05) is 63.8 Å². The first-order valence-electron chi connectivity index (χ1n) is 16.6. The molecule has 4 aromatic rings. The van der Waals surface area contributed by atoms with Crippen molar-refractivity contribution >= 4 is 46.7 Å². The Hall–Kier alpha value is -4.62. The molecule has 50 heavy (non-hydrogen) atoms. The number of fused-ring (bicyclic) bond motifs is 2. The molecule has 0 unspecified atom stereocenters. The first-order chi connectivity index (χ1) is 24.2. The van der Waals surface area contributed by atoms with Crippen LogP contribution in [0.15, 0.2) is 60.9 Å². The van der Waals surface area contributed by atoms with E-state index in [1.54, 1.807) is 24.5 Å². The van der Waals surface area contributed by atoms with E-state index in [0.29, 0.717) is 72.2 Å². The number of pyridine rings is 2. The van der Waals surface area contributed by atoms with Gasteiger partial charge in [0.2, 0.25) is 0 Å². The van der Waals surface area contributed by atoms with Crippen LogP contribution in [-0.4, -0.2) is 96.1 Å². The molecule has 8 rings (SSSR count). The van der Waals surface area contributed by atoms with E-state index in [0.717, 1.165) is 59.6 Å². The van der Waals surface area contributed by atoms with Crippen LogP contribution in [0.25, 0.3) is 22.3 Å². The molecule has 2 fully saturated rings. The van der Waals surface area contributed by atoms with Crippen LogP contribution in [0, 0.1) is 0 Å². The van der Waals surface area contributed by atoms with Crippen LogP contribution >= 0.6 is 23.2 Å². The monoisotopic (exact) mass is 716 g/mol. The molecule has 2 aromatic carbocycles. The van der Waals surface area contributed by atoms with Crippen LogP contribution in [0.1, 0.15) is 11.1 Å². The highest BCUT2D eigenvalue weighted by molar-refractivity contribution is 6.31. The molecule has 0 aliphatic carbocycles. The Morgan fingerprint density at radius 3 is 1.44 bits per heavy atom. The fourth-order valence-electron chi connectivity index (χ4n) is 6.76. The van der Waals surface area contributed by atoms with Crippen molar-refractivity contribution in [1.29, 1.82) is 0 Å². The molecule has 2 amide bonds. The number of carbonyl (C=O) groups excluding carboxylic acids is 2. The van der Waals surface area contributed by atoms with Crippen molar-refractivity contribution in [2.24, 2.45) is 0 Å². The number of piperazine rings is 2. The number of rotatable bonds is 4. The Bertz CT molecular complexity index is 1780. The number of nitrogens with zero attached hydrogens (tertiary/aromatic N) is 4. The van der Waals surface area contributed by atoms with Gasteiger partial charge in [0, 0.05) is 110 Å². The summed E-state index contributed by atoms with van der Waals surface area (Å²) >= 11 is 12.6. The minimum atomic E-state index is -0.496. The summed E-state index contributed by atoms with van der Waals surface area (Å²) in [5.41, 5.74) is 16.9. The summed E-state index contributed by atoms with van der Waals surface area (Å²) in [4.78, 5) is 37.3. The number of aromatic nitrogens is 2. The zero-order valence-electron chi connectivity index (χ0n) is 27.3. The average Bonchev–Trinajstić information content (AvgIpc) is 3.76. The Balaban J connectivity index is 0.000000157. The van der Waals surface area contributed by atoms with Gasteiger partial charge in [0.05, 0.1) is 0 Å². The van der Waals surface area contributed by atoms with E-state index in [1.165, 1.54) is 0 Å². The Kier molecular flexibility index (Phi) is 9.95. The van der Waals surface area contributed by atoms with Crippen molar-refractivity contribution < 1.29 is 19.1 Å². The second kappa shape index (κ2) is 14.7. The Labute approximate surface area is 300 Å². The number of halogens is 2. The molecule has 0 bridgehead atoms. The standard InChI is InChI=1S/2C18H19ClN4O2/c2*19-13-7-12-8-15(18(24)23-5-3-21-4-6-23)25-17(12)14(10-13)11-1-2-22-16(20)9-11/h2*1-2,7,9-10,15,21H,3-6,8H2,(H2,20,22)/t2*15-/m10/s1. The molecule has 4 aliphatic rings. The van der Waals surface area contributed by atoms with Gasteiger partial charge >= 0.3 is 0 Å². The highest BCUT2D eigenvalue weighted by atomic mass is 35.5. The maximum absolute atomic E-state index is 12.8. The van der Waals surface area contributed by atoms with Gasteiger partial charge in [0.1, 0.15) is 23.1 Å². The fourth-order valence-corrected chi connectivity index (χ4v) is 7.24. The fraction of sp³-hybridized carbons (Fsp3) is 0.333. The zero-order chi connectivity index (χ0) is 34.8. The summed E-state index contributed by atoms with van der Waals surface area (Å²) in [6.07, 6.45) is 3.37. The van der Waals surface area contributed by atoms with Crippen LogP contribution in [0.3, 0.4) is 0 Å². The van der Waals surface area contributed by atoms with Crippen molar-refractivity contribution in [3.05, 3.63) is 82.1 Å². The quantitative estimate of drug-likeness (QED) is 0.246. The van der Waals surface area contributed by atoms with E-state index in [9.17, 15) is 9.59 Å². The first-order valence-corrected chi connectivity index (χ1v) is 17.4. The van der Waals surface area contributed by atoms with E-state index in [2.05, 4.69) is 20.6 Å². The van der Waals surface area contributed by atoms with E-state index in [1.807, 2.05) is 46.2 Å². The van der Waals surface area contributed by atoms with Crippen LogP contribution in [0.2, 0.25) is 10.0 Å². The normalized spacial score (nSPS) is 19.4. The second-order valence-corrected chi connectivity index (χ2v) is 13.5. The average molecular weight is 718 g/mol. The number of ether oxygens (including phenoxy) is 2. The topological polar surface area (TPSA) is 161 Å². The maximum Gasteiger partial charge on any atom is 0.264 e. The van der Waals surface area contributed by atoms with Crippen molar-refractivity contribution in [3.63, 3.8) is 0 Å². The summed E-state index contributed by atoms with van der Waals surface area (Å²) in [7, 11) is 0. The van der Waals surface area contributed by atoms with Gasteiger partial charge < -0.3 is 41.4 Å². The number of carbonyl (C=O) groups is 2. The van der Waals surface area contributed by atoms with Gasteiger partial charge in [0.15, 0.2) is 12.2 Å². The van der Waals surface area contributed by atoms with Crippen molar-refractivity contribution in [1.82, 2.24) is 30.4 Å². The number of amides is 2. The molecule has 260 valence electrons. The molecular formula is C36H38Cl2N8O4. The lowest BCUT2D eigenvalue weighted by Gasteiger charge is -2.29. The summed E-state index contributed by atoms with van der Waals surface area (Å²) in [6.45, 7) is 6.12. The summed E-state index contributed by atoms with van der Waals surface area (Å²) in [5.74, 6) is 2.35. The number of nitrogen functional groups attached to an aromatic ring is 2. The van der Waals surface area contributed by atoms with Crippen molar-refractivity contribution in [2.45, 2.75) is 25.0 Å². The van der Waals surface area contributed by atoms with Gasteiger partial charge in [-0.05, 0) is 59.7 Å². The predicted molar refractivity (Wildman–Crippen MR) is 193 cm³/mol. The summed E-state index contributed by atoms with van der Waals surface area (Å²) in [6, 6.07) is 14.7. The van der Waals surface area contributed by atoms with E-state index < -0.39 is 12.2 Å². The number of benzene rings is 2. The minimum Gasteiger partial charge on any atom is -0.479 e. The number of nitrogens with one attached hydrogen (secondary N) is 2. The van der Waals surface area contributed by atoms with E-state index in [-0.39, 0.29) is 11.8 Å². The molecular weight excluding hydrogens is 679 g/mol. The van der Waals surface area contributed by atoms with Crippen LogP contribution in [0.4, 0.5) is 11.6 Å². The number of anilines is 2. The minimum absolute atomic E-state index is 0.0361. The number of hydrogen-bond acceptors (Lipinski definition) is 10. The predicted octanol–water partition coefficient (Wildman–Crippen LogP) is 3.44. The summed E-state index contributed by atoms with van der Waals surface area (Å²) < 4.78 is 12.1. The molecule has 4 aliphatic heterocycles. The van der Waals surface area contributed by atoms with Gasteiger partial charge in [-0.3, -0.25) is 9.59 Å². The highest BCUT2D eigenvalue weighted by Crippen LogP contribution is 2.43. The maximum atomic E-state index is 12.8. The van der Waals surface area contributed by atoms with Crippen LogP contribution in [0.5, 0.6) is 11.5 Å². The third-order valence-electron chi connectivity index (χ3n) is 9.18. The van der Waals surface area contributed by atoms with Gasteiger partial charge in [-0.1, -0.05) is 23.2 Å².